The highest BCUT2D eigenvalue weighted by atomic mass is 16.4. The van der Waals surface area contributed by atoms with Crippen molar-refractivity contribution in [1.82, 2.24) is 15.3 Å². The number of aromatic amines is 2. The molecule has 0 aliphatic rings. The highest BCUT2D eigenvalue weighted by Crippen LogP contribution is 2.10. The molecule has 7 nitrogen and oxygen atoms in total. The van der Waals surface area contributed by atoms with E-state index in [-0.39, 0.29) is 5.69 Å². The fourth-order valence-electron chi connectivity index (χ4n) is 1.66. The van der Waals surface area contributed by atoms with Crippen LogP contribution in [0.5, 0.6) is 0 Å². The summed E-state index contributed by atoms with van der Waals surface area (Å²) >= 11 is 0. The van der Waals surface area contributed by atoms with Gasteiger partial charge in [0.05, 0.1) is 17.6 Å². The number of carbonyl (C=O) groups is 1. The number of carboxylic acid groups (broad SMARTS) is 1. The summed E-state index contributed by atoms with van der Waals surface area (Å²) in [6, 6.07) is 4.26. The van der Waals surface area contributed by atoms with Crippen LogP contribution in [-0.4, -0.2) is 38.8 Å². The molecule has 1 heterocycles. The normalized spacial score (nSPS) is 12.7. The van der Waals surface area contributed by atoms with Gasteiger partial charge in [0.2, 0.25) is 0 Å². The summed E-state index contributed by atoms with van der Waals surface area (Å²) in [6.07, 6.45) is 0. The van der Waals surface area contributed by atoms with Crippen molar-refractivity contribution in [3.8, 4) is 0 Å². The standard InChI is InChI=1S/C11H13N3O4/c15-5-9(10(16)17)12-4-6-1-2-7-8(3-6)14-11(18)13-7/h1-3,9,12,15H,4-5H2,(H,16,17)(H2,13,14,18). The maximum atomic E-state index is 11.1. The minimum absolute atomic E-state index is 0.283. The van der Waals surface area contributed by atoms with E-state index in [9.17, 15) is 9.59 Å². The fourth-order valence-corrected chi connectivity index (χ4v) is 1.66. The zero-order valence-corrected chi connectivity index (χ0v) is 9.43. The number of aromatic nitrogens is 2. The van der Waals surface area contributed by atoms with Gasteiger partial charge in [-0.3, -0.25) is 10.1 Å². The molecule has 1 unspecified atom stereocenters. The molecular weight excluding hydrogens is 238 g/mol. The second-order valence-electron chi connectivity index (χ2n) is 3.91. The second-order valence-corrected chi connectivity index (χ2v) is 3.91. The summed E-state index contributed by atoms with van der Waals surface area (Å²) in [7, 11) is 0. The zero-order chi connectivity index (χ0) is 13.1. The lowest BCUT2D eigenvalue weighted by Gasteiger charge is -2.11. The first-order valence-electron chi connectivity index (χ1n) is 5.38. The van der Waals surface area contributed by atoms with Gasteiger partial charge < -0.3 is 20.2 Å². The van der Waals surface area contributed by atoms with Gasteiger partial charge in [-0.2, -0.15) is 0 Å². The molecule has 0 bridgehead atoms. The topological polar surface area (TPSA) is 118 Å². The van der Waals surface area contributed by atoms with Crippen LogP contribution in [0, 0.1) is 0 Å². The molecule has 2 aromatic rings. The highest BCUT2D eigenvalue weighted by Gasteiger charge is 2.14. The Morgan fingerprint density at radius 1 is 1.33 bits per heavy atom. The number of imidazole rings is 1. The lowest BCUT2D eigenvalue weighted by molar-refractivity contribution is -0.140. The van der Waals surface area contributed by atoms with Crippen LogP contribution in [0.4, 0.5) is 0 Å². The molecule has 0 spiro atoms. The summed E-state index contributed by atoms with van der Waals surface area (Å²) in [5.41, 5.74) is 1.89. The van der Waals surface area contributed by atoms with Crippen LogP contribution in [0.25, 0.3) is 11.0 Å². The molecule has 0 aliphatic heterocycles. The van der Waals surface area contributed by atoms with E-state index in [2.05, 4.69) is 15.3 Å². The Morgan fingerprint density at radius 2 is 2.06 bits per heavy atom. The lowest BCUT2D eigenvalue weighted by Crippen LogP contribution is -2.39. The Kier molecular flexibility index (Phi) is 3.45. The van der Waals surface area contributed by atoms with Gasteiger partial charge in [-0.15, -0.1) is 0 Å². The number of aliphatic hydroxyl groups is 1. The quantitative estimate of drug-likeness (QED) is 0.486. The van der Waals surface area contributed by atoms with Crippen molar-refractivity contribution in [2.75, 3.05) is 6.61 Å². The maximum Gasteiger partial charge on any atom is 0.323 e. The van der Waals surface area contributed by atoms with Gasteiger partial charge in [0, 0.05) is 6.54 Å². The molecule has 5 N–H and O–H groups in total. The van der Waals surface area contributed by atoms with Gasteiger partial charge in [0.1, 0.15) is 6.04 Å². The molecule has 0 saturated carbocycles. The van der Waals surface area contributed by atoms with Crippen LogP contribution >= 0.6 is 0 Å². The number of fused-ring (bicyclic) bond motifs is 1. The van der Waals surface area contributed by atoms with E-state index in [1.165, 1.54) is 0 Å². The average molecular weight is 251 g/mol. The Labute approximate surface area is 101 Å². The molecule has 0 aliphatic carbocycles. The van der Waals surface area contributed by atoms with Gasteiger partial charge in [0.25, 0.3) is 0 Å². The van der Waals surface area contributed by atoms with Gasteiger partial charge >= 0.3 is 11.7 Å². The molecule has 2 rings (SSSR count). The van der Waals surface area contributed by atoms with Crippen molar-refractivity contribution in [3.05, 3.63) is 34.2 Å². The monoisotopic (exact) mass is 251 g/mol. The average Bonchev–Trinajstić information content (AvgIpc) is 2.68. The van der Waals surface area contributed by atoms with E-state index in [1.54, 1.807) is 18.2 Å². The summed E-state index contributed by atoms with van der Waals surface area (Å²) in [6.45, 7) is -0.181. The van der Waals surface area contributed by atoms with Crippen LogP contribution in [0.15, 0.2) is 23.0 Å². The number of H-pyrrole nitrogens is 2. The second kappa shape index (κ2) is 5.03. The smallest absolute Gasteiger partial charge is 0.323 e. The Bertz CT molecular complexity index is 616. The van der Waals surface area contributed by atoms with Crippen molar-refractivity contribution in [3.63, 3.8) is 0 Å². The SMILES string of the molecule is O=C(O)C(CO)NCc1ccc2[nH]c(=O)[nH]c2c1. The molecule has 0 amide bonds. The third-order valence-electron chi connectivity index (χ3n) is 2.61. The third-order valence-corrected chi connectivity index (χ3v) is 2.61. The van der Waals surface area contributed by atoms with Gasteiger partial charge in [-0.05, 0) is 17.7 Å². The summed E-state index contributed by atoms with van der Waals surface area (Å²) < 4.78 is 0. The molecule has 7 heteroatoms. The number of carboxylic acids is 1. The van der Waals surface area contributed by atoms with E-state index >= 15 is 0 Å². The predicted molar refractivity (Wildman–Crippen MR) is 64.3 cm³/mol. The molecule has 0 fully saturated rings. The molecular formula is C11H13N3O4. The molecule has 18 heavy (non-hydrogen) atoms. The van der Waals surface area contributed by atoms with Crippen molar-refractivity contribution >= 4 is 17.0 Å². The number of hydrogen-bond acceptors (Lipinski definition) is 4. The molecule has 0 radical (unpaired) electrons. The van der Waals surface area contributed by atoms with Crippen molar-refractivity contribution < 1.29 is 15.0 Å². The van der Waals surface area contributed by atoms with Gasteiger partial charge in [0.15, 0.2) is 0 Å². The Morgan fingerprint density at radius 3 is 2.72 bits per heavy atom. The largest absolute Gasteiger partial charge is 0.480 e. The van der Waals surface area contributed by atoms with Crippen molar-refractivity contribution in [2.24, 2.45) is 0 Å². The van der Waals surface area contributed by atoms with E-state index in [0.717, 1.165) is 5.56 Å². The number of benzene rings is 1. The first-order chi connectivity index (χ1) is 8.60. The number of nitrogens with one attached hydrogen (secondary N) is 3. The van der Waals surface area contributed by atoms with Crippen molar-refractivity contribution in [2.45, 2.75) is 12.6 Å². The molecule has 1 aromatic carbocycles. The van der Waals surface area contributed by atoms with E-state index in [4.69, 9.17) is 10.2 Å². The lowest BCUT2D eigenvalue weighted by atomic mass is 10.2. The van der Waals surface area contributed by atoms with Gasteiger partial charge in [-0.25, -0.2) is 4.79 Å². The molecule has 96 valence electrons. The number of rotatable bonds is 5. The number of aliphatic carboxylic acids is 1. The fraction of sp³-hybridized carbons (Fsp3) is 0.273. The number of hydrogen-bond donors (Lipinski definition) is 5. The predicted octanol–water partition coefficient (Wildman–Crippen LogP) is -0.609. The zero-order valence-electron chi connectivity index (χ0n) is 9.43. The highest BCUT2D eigenvalue weighted by molar-refractivity contribution is 5.75. The molecule has 1 atom stereocenters. The summed E-state index contributed by atoms with van der Waals surface area (Å²) in [5, 5.41) is 20.3. The number of aliphatic hydroxyl groups excluding tert-OH is 1. The van der Waals surface area contributed by atoms with Crippen LogP contribution in [-0.2, 0) is 11.3 Å². The van der Waals surface area contributed by atoms with E-state index in [1.807, 2.05) is 0 Å². The summed E-state index contributed by atoms with van der Waals surface area (Å²) in [4.78, 5) is 27.0. The Hall–Kier alpha value is -2.12. The first kappa shape index (κ1) is 12.3. The molecule has 1 aromatic heterocycles. The summed E-state index contributed by atoms with van der Waals surface area (Å²) in [5.74, 6) is -1.10. The third kappa shape index (κ3) is 2.58. The van der Waals surface area contributed by atoms with Gasteiger partial charge in [-0.1, -0.05) is 6.07 Å². The van der Waals surface area contributed by atoms with E-state index < -0.39 is 18.6 Å². The van der Waals surface area contributed by atoms with Crippen LogP contribution in [0.3, 0.4) is 0 Å². The Balaban J connectivity index is 2.12. The van der Waals surface area contributed by atoms with Crippen LogP contribution in [0.2, 0.25) is 0 Å². The minimum atomic E-state index is -1.10. The maximum absolute atomic E-state index is 11.1. The van der Waals surface area contributed by atoms with E-state index in [0.29, 0.717) is 17.6 Å². The van der Waals surface area contributed by atoms with Crippen LogP contribution < -0.4 is 11.0 Å². The minimum Gasteiger partial charge on any atom is -0.480 e. The first-order valence-corrected chi connectivity index (χ1v) is 5.38. The molecule has 0 saturated heterocycles. The van der Waals surface area contributed by atoms with Crippen molar-refractivity contribution in [1.29, 1.82) is 0 Å². The van der Waals surface area contributed by atoms with Crippen LogP contribution in [0.1, 0.15) is 5.56 Å².